The number of carbonyl (C=O) groups excluding carboxylic acids is 1. The summed E-state index contributed by atoms with van der Waals surface area (Å²) in [7, 11) is 0. The lowest BCUT2D eigenvalue weighted by Gasteiger charge is -1.99. The van der Waals surface area contributed by atoms with Gasteiger partial charge in [-0.2, -0.15) is 0 Å². The molecule has 0 atom stereocenters. The Bertz CT molecular complexity index is 271. The summed E-state index contributed by atoms with van der Waals surface area (Å²) in [4.78, 5) is 10.9. The molecule has 3 nitrogen and oxygen atoms in total. The van der Waals surface area contributed by atoms with Gasteiger partial charge in [-0.1, -0.05) is 12.1 Å². The number of rotatable bonds is 2. The largest absolute Gasteiger partial charge is 0.507 e. The van der Waals surface area contributed by atoms with E-state index < -0.39 is 0 Å². The van der Waals surface area contributed by atoms with Crippen molar-refractivity contribution >= 4 is 5.78 Å². The average molecular weight is 151 g/mol. The predicted octanol–water partition coefficient (Wildman–Crippen LogP) is 0.534. The molecule has 1 rings (SSSR count). The summed E-state index contributed by atoms with van der Waals surface area (Å²) in [5, 5.41) is 9.14. The first-order valence-corrected chi connectivity index (χ1v) is 3.27. The molecule has 3 heteroatoms. The lowest BCUT2D eigenvalue weighted by Crippen LogP contribution is -2.13. The maximum Gasteiger partial charge on any atom is 0.180 e. The third-order valence-corrected chi connectivity index (χ3v) is 1.39. The number of hydrogen-bond donors (Lipinski definition) is 2. The number of hydrogen-bond acceptors (Lipinski definition) is 3. The molecule has 1 aromatic rings. The zero-order chi connectivity index (χ0) is 8.27. The second-order valence-corrected chi connectivity index (χ2v) is 2.14. The number of benzene rings is 1. The van der Waals surface area contributed by atoms with Crippen LogP contribution in [0.3, 0.4) is 0 Å². The molecule has 0 saturated heterocycles. The van der Waals surface area contributed by atoms with Crippen LogP contribution in [-0.2, 0) is 0 Å². The molecule has 1 aromatic carbocycles. The van der Waals surface area contributed by atoms with Gasteiger partial charge in [-0.15, -0.1) is 0 Å². The van der Waals surface area contributed by atoms with E-state index in [9.17, 15) is 4.79 Å². The van der Waals surface area contributed by atoms with E-state index in [1.807, 2.05) is 0 Å². The van der Waals surface area contributed by atoms with Gasteiger partial charge >= 0.3 is 0 Å². The first-order valence-electron chi connectivity index (χ1n) is 3.27. The van der Waals surface area contributed by atoms with E-state index in [-0.39, 0.29) is 23.6 Å². The van der Waals surface area contributed by atoms with E-state index >= 15 is 0 Å². The molecule has 0 saturated carbocycles. The maximum absolute atomic E-state index is 10.9. The van der Waals surface area contributed by atoms with Crippen molar-refractivity contribution in [3.63, 3.8) is 0 Å². The van der Waals surface area contributed by atoms with Crippen molar-refractivity contribution in [1.82, 2.24) is 0 Å². The SMILES string of the molecule is NCC(=O)c1ccccc1O. The van der Waals surface area contributed by atoms with Gasteiger partial charge < -0.3 is 10.8 Å². The van der Waals surface area contributed by atoms with Crippen LogP contribution in [-0.4, -0.2) is 17.4 Å². The molecule has 0 heterocycles. The summed E-state index contributed by atoms with van der Waals surface area (Å²) in [6.07, 6.45) is 0. The van der Waals surface area contributed by atoms with Gasteiger partial charge in [0.05, 0.1) is 12.1 Å². The Hall–Kier alpha value is -1.35. The molecule has 0 aliphatic heterocycles. The van der Waals surface area contributed by atoms with Gasteiger partial charge in [-0.05, 0) is 12.1 Å². The third-order valence-electron chi connectivity index (χ3n) is 1.39. The Balaban J connectivity index is 3.03. The third kappa shape index (κ3) is 1.56. The summed E-state index contributed by atoms with van der Waals surface area (Å²) < 4.78 is 0. The molecular formula is C8H9NO2. The van der Waals surface area contributed by atoms with Gasteiger partial charge in [0.1, 0.15) is 5.75 Å². The molecule has 11 heavy (non-hydrogen) atoms. The molecule has 0 amide bonds. The highest BCUT2D eigenvalue weighted by Gasteiger charge is 2.06. The second kappa shape index (κ2) is 3.16. The fraction of sp³-hybridized carbons (Fsp3) is 0.125. The van der Waals surface area contributed by atoms with Crippen LogP contribution in [0.25, 0.3) is 0 Å². The number of nitrogens with two attached hydrogens (primary N) is 1. The predicted molar refractivity (Wildman–Crippen MR) is 41.5 cm³/mol. The molecule has 0 spiro atoms. The molecular weight excluding hydrogens is 142 g/mol. The Labute approximate surface area is 64.5 Å². The van der Waals surface area contributed by atoms with Gasteiger partial charge in [-0.25, -0.2) is 0 Å². The highest BCUT2D eigenvalue weighted by atomic mass is 16.3. The fourth-order valence-corrected chi connectivity index (χ4v) is 0.819. The van der Waals surface area contributed by atoms with Gasteiger partial charge in [0.25, 0.3) is 0 Å². The maximum atomic E-state index is 10.9. The lowest BCUT2D eigenvalue weighted by atomic mass is 10.1. The molecule has 0 unspecified atom stereocenters. The molecule has 0 fully saturated rings. The number of para-hydroxylation sites is 1. The van der Waals surface area contributed by atoms with Crippen LogP contribution in [0.1, 0.15) is 10.4 Å². The van der Waals surface area contributed by atoms with Crippen LogP contribution >= 0.6 is 0 Å². The summed E-state index contributed by atoms with van der Waals surface area (Å²) in [6, 6.07) is 6.35. The van der Waals surface area contributed by atoms with Crippen molar-refractivity contribution in [2.45, 2.75) is 0 Å². The Morgan fingerprint density at radius 2 is 2.09 bits per heavy atom. The van der Waals surface area contributed by atoms with Gasteiger partial charge in [-0.3, -0.25) is 4.79 Å². The summed E-state index contributed by atoms with van der Waals surface area (Å²) in [5.74, 6) is -0.258. The highest BCUT2D eigenvalue weighted by molar-refractivity contribution is 5.99. The van der Waals surface area contributed by atoms with Crippen LogP contribution < -0.4 is 5.73 Å². The van der Waals surface area contributed by atoms with Gasteiger partial charge in [0, 0.05) is 0 Å². The van der Waals surface area contributed by atoms with Gasteiger partial charge in [0.15, 0.2) is 5.78 Å². The number of ketones is 1. The zero-order valence-corrected chi connectivity index (χ0v) is 5.95. The fourth-order valence-electron chi connectivity index (χ4n) is 0.819. The van der Waals surface area contributed by atoms with Crippen LogP contribution in [0.15, 0.2) is 24.3 Å². The van der Waals surface area contributed by atoms with E-state index in [1.54, 1.807) is 18.2 Å². The first-order chi connectivity index (χ1) is 5.25. The summed E-state index contributed by atoms with van der Waals surface area (Å²) >= 11 is 0. The van der Waals surface area contributed by atoms with Crippen LogP contribution in [0.5, 0.6) is 5.75 Å². The normalized spacial score (nSPS) is 9.55. The zero-order valence-electron chi connectivity index (χ0n) is 5.95. The van der Waals surface area contributed by atoms with Crippen molar-refractivity contribution in [1.29, 1.82) is 0 Å². The summed E-state index contributed by atoms with van der Waals surface area (Å²) in [6.45, 7) is -0.0719. The number of phenols is 1. The van der Waals surface area contributed by atoms with Crippen molar-refractivity contribution in [3.8, 4) is 5.75 Å². The Morgan fingerprint density at radius 1 is 1.45 bits per heavy atom. The van der Waals surface area contributed by atoms with Crippen molar-refractivity contribution in [2.24, 2.45) is 5.73 Å². The molecule has 0 radical (unpaired) electrons. The van der Waals surface area contributed by atoms with Crippen LogP contribution in [0.4, 0.5) is 0 Å². The van der Waals surface area contributed by atoms with Crippen LogP contribution in [0.2, 0.25) is 0 Å². The number of Topliss-reactive ketones (excluding diaryl/α,β-unsaturated/α-hetero) is 1. The smallest absolute Gasteiger partial charge is 0.180 e. The van der Waals surface area contributed by atoms with E-state index in [1.165, 1.54) is 6.07 Å². The van der Waals surface area contributed by atoms with E-state index in [2.05, 4.69) is 0 Å². The molecule has 0 bridgehead atoms. The first kappa shape index (κ1) is 7.75. The van der Waals surface area contributed by atoms with Crippen molar-refractivity contribution in [2.75, 3.05) is 6.54 Å². The molecule has 0 aliphatic carbocycles. The van der Waals surface area contributed by atoms with E-state index in [0.717, 1.165) is 0 Å². The standard InChI is InChI=1S/C8H9NO2/c9-5-8(11)6-3-1-2-4-7(6)10/h1-4,10H,5,9H2. The topological polar surface area (TPSA) is 63.3 Å². The van der Waals surface area contributed by atoms with E-state index in [0.29, 0.717) is 0 Å². The van der Waals surface area contributed by atoms with Crippen molar-refractivity contribution in [3.05, 3.63) is 29.8 Å². The van der Waals surface area contributed by atoms with Crippen molar-refractivity contribution < 1.29 is 9.90 Å². The second-order valence-electron chi connectivity index (χ2n) is 2.14. The molecule has 58 valence electrons. The monoisotopic (exact) mass is 151 g/mol. The molecule has 3 N–H and O–H groups in total. The number of aromatic hydroxyl groups is 1. The minimum Gasteiger partial charge on any atom is -0.507 e. The molecule has 0 aromatic heterocycles. The minimum atomic E-state index is -0.247. The summed E-state index contributed by atoms with van der Waals surface area (Å²) in [5.41, 5.74) is 5.40. The highest BCUT2D eigenvalue weighted by Crippen LogP contribution is 2.15. The average Bonchev–Trinajstić information content (AvgIpc) is 2.04. The lowest BCUT2D eigenvalue weighted by molar-refractivity contribution is 0.0999. The number of phenolic OH excluding ortho intramolecular Hbond substituents is 1. The number of carbonyl (C=O) groups is 1. The Kier molecular flexibility index (Phi) is 2.23. The quantitative estimate of drug-likeness (QED) is 0.606. The van der Waals surface area contributed by atoms with Crippen LogP contribution in [0, 0.1) is 0 Å². The Morgan fingerprint density at radius 3 is 2.64 bits per heavy atom. The van der Waals surface area contributed by atoms with E-state index in [4.69, 9.17) is 10.8 Å². The molecule has 0 aliphatic rings. The minimum absolute atomic E-state index is 0.0112. The van der Waals surface area contributed by atoms with Gasteiger partial charge in [0.2, 0.25) is 0 Å².